The van der Waals surface area contributed by atoms with E-state index in [0.717, 1.165) is 9.35 Å². The van der Waals surface area contributed by atoms with E-state index in [1.807, 2.05) is 11.4 Å². The molecule has 0 aliphatic carbocycles. The maximum absolute atomic E-state index is 11.6. The predicted molar refractivity (Wildman–Crippen MR) is 67.5 cm³/mol. The lowest BCUT2D eigenvalue weighted by Crippen LogP contribution is -2.32. The topological polar surface area (TPSA) is 70.0 Å². The molecule has 0 saturated carbocycles. The summed E-state index contributed by atoms with van der Waals surface area (Å²) >= 11 is 4.75. The van der Waals surface area contributed by atoms with Crippen LogP contribution < -0.4 is 4.72 Å². The average molecular weight is 323 g/mol. The van der Waals surface area contributed by atoms with Crippen LogP contribution in [0.15, 0.2) is 15.9 Å². The normalized spacial score (nSPS) is 13.3. The highest BCUT2D eigenvalue weighted by molar-refractivity contribution is 9.10. The van der Waals surface area contributed by atoms with Crippen LogP contribution in [0.25, 0.3) is 0 Å². The summed E-state index contributed by atoms with van der Waals surface area (Å²) in [6.45, 7) is 1.91. The van der Waals surface area contributed by atoms with Gasteiger partial charge in [0.15, 0.2) is 5.25 Å². The molecule has 7 heteroatoms. The summed E-state index contributed by atoms with van der Waals surface area (Å²) in [6.07, 6.45) is 0.292. The van der Waals surface area contributed by atoms with E-state index in [9.17, 15) is 8.42 Å². The Kier molecular flexibility index (Phi) is 4.92. The zero-order valence-corrected chi connectivity index (χ0v) is 11.8. The van der Waals surface area contributed by atoms with Crippen LogP contribution in [0.1, 0.15) is 18.2 Å². The molecule has 1 N–H and O–H groups in total. The van der Waals surface area contributed by atoms with Crippen LogP contribution >= 0.6 is 27.3 Å². The molecule has 16 heavy (non-hydrogen) atoms. The van der Waals surface area contributed by atoms with E-state index < -0.39 is 15.3 Å². The Hall–Kier alpha value is -0.420. The van der Waals surface area contributed by atoms with Gasteiger partial charge in [-0.25, -0.2) is 13.1 Å². The molecule has 0 aliphatic heterocycles. The number of thiophene rings is 1. The van der Waals surface area contributed by atoms with Crippen LogP contribution in [0.3, 0.4) is 0 Å². The Morgan fingerprint density at radius 1 is 1.69 bits per heavy atom. The van der Waals surface area contributed by atoms with Crippen LogP contribution in [0.2, 0.25) is 0 Å². The molecule has 1 aromatic heterocycles. The molecule has 1 rings (SSSR count). The van der Waals surface area contributed by atoms with Gasteiger partial charge >= 0.3 is 0 Å². The summed E-state index contributed by atoms with van der Waals surface area (Å²) in [5.41, 5.74) is 0. The maximum Gasteiger partial charge on any atom is 0.228 e. The summed E-state index contributed by atoms with van der Waals surface area (Å²) in [7, 11) is -3.53. The molecule has 0 bridgehead atoms. The van der Waals surface area contributed by atoms with Crippen LogP contribution in [0, 0.1) is 11.3 Å². The van der Waals surface area contributed by atoms with Gasteiger partial charge in [0.2, 0.25) is 10.0 Å². The van der Waals surface area contributed by atoms with Crippen molar-refractivity contribution in [2.75, 3.05) is 0 Å². The largest absolute Gasteiger partial charge is 0.228 e. The van der Waals surface area contributed by atoms with Gasteiger partial charge in [-0.1, -0.05) is 6.92 Å². The molecular weight excluding hydrogens is 312 g/mol. The second-order valence-corrected chi connectivity index (χ2v) is 6.98. The lowest BCUT2D eigenvalue weighted by Gasteiger charge is -2.08. The highest BCUT2D eigenvalue weighted by Crippen LogP contribution is 2.19. The number of nitriles is 1. The molecular formula is C9H11BrN2O2S2. The molecule has 0 aromatic carbocycles. The van der Waals surface area contributed by atoms with Crippen molar-refractivity contribution in [2.45, 2.75) is 25.1 Å². The monoisotopic (exact) mass is 322 g/mol. The Morgan fingerprint density at radius 3 is 2.81 bits per heavy atom. The van der Waals surface area contributed by atoms with Gasteiger partial charge in [-0.2, -0.15) is 5.26 Å². The maximum atomic E-state index is 11.6. The third-order valence-electron chi connectivity index (χ3n) is 1.96. The molecule has 0 amide bonds. The van der Waals surface area contributed by atoms with E-state index in [0.29, 0.717) is 6.42 Å². The number of nitrogens with zero attached hydrogens (tertiary/aromatic N) is 1. The molecule has 0 saturated heterocycles. The summed E-state index contributed by atoms with van der Waals surface area (Å²) < 4.78 is 26.6. The Balaban J connectivity index is 2.65. The van der Waals surface area contributed by atoms with Gasteiger partial charge in [-0.15, -0.1) is 11.3 Å². The average Bonchev–Trinajstić information content (AvgIpc) is 2.63. The van der Waals surface area contributed by atoms with Gasteiger partial charge in [-0.3, -0.25) is 0 Å². The molecule has 1 unspecified atom stereocenters. The zero-order chi connectivity index (χ0) is 12.2. The first-order valence-corrected chi connectivity index (χ1v) is 7.82. The first kappa shape index (κ1) is 13.6. The Bertz CT molecular complexity index is 490. The van der Waals surface area contributed by atoms with Crippen molar-refractivity contribution in [3.05, 3.63) is 20.8 Å². The minimum atomic E-state index is -3.53. The van der Waals surface area contributed by atoms with E-state index in [2.05, 4.69) is 20.7 Å². The number of nitrogens with one attached hydrogen (secondary N) is 1. The van der Waals surface area contributed by atoms with Gasteiger partial charge in [-0.05, 0) is 28.4 Å². The van der Waals surface area contributed by atoms with Crippen molar-refractivity contribution in [2.24, 2.45) is 0 Å². The lowest BCUT2D eigenvalue weighted by molar-refractivity contribution is 0.573. The van der Waals surface area contributed by atoms with Gasteiger partial charge in [0.25, 0.3) is 0 Å². The SMILES string of the molecule is CCC(C#N)S(=O)(=O)NCc1cc(Br)cs1. The van der Waals surface area contributed by atoms with Gasteiger partial charge in [0.1, 0.15) is 0 Å². The first-order chi connectivity index (χ1) is 7.49. The van der Waals surface area contributed by atoms with E-state index >= 15 is 0 Å². The zero-order valence-electron chi connectivity index (χ0n) is 8.60. The van der Waals surface area contributed by atoms with E-state index in [1.54, 1.807) is 13.0 Å². The van der Waals surface area contributed by atoms with Crippen LogP contribution in [0.4, 0.5) is 0 Å². The molecule has 1 atom stereocenters. The minimum Gasteiger partial charge on any atom is -0.211 e. The third-order valence-corrected chi connectivity index (χ3v) is 5.39. The summed E-state index contributed by atoms with van der Waals surface area (Å²) in [5, 5.41) is 9.59. The number of rotatable bonds is 5. The fourth-order valence-electron chi connectivity index (χ4n) is 1.10. The smallest absolute Gasteiger partial charge is 0.211 e. The van der Waals surface area contributed by atoms with Crippen molar-refractivity contribution < 1.29 is 8.42 Å². The molecule has 0 spiro atoms. The van der Waals surface area contributed by atoms with Crippen molar-refractivity contribution in [3.8, 4) is 6.07 Å². The Labute approximate surface area is 107 Å². The van der Waals surface area contributed by atoms with Crippen molar-refractivity contribution >= 4 is 37.3 Å². The molecule has 0 aliphatic rings. The van der Waals surface area contributed by atoms with Gasteiger partial charge in [0, 0.05) is 21.3 Å². The predicted octanol–water partition coefficient (Wildman–Crippen LogP) is 2.23. The Morgan fingerprint density at radius 2 is 2.38 bits per heavy atom. The van der Waals surface area contributed by atoms with Gasteiger partial charge in [0.05, 0.1) is 6.07 Å². The number of halogens is 1. The van der Waals surface area contributed by atoms with E-state index in [4.69, 9.17) is 5.26 Å². The second kappa shape index (κ2) is 5.77. The minimum absolute atomic E-state index is 0.233. The molecule has 4 nitrogen and oxygen atoms in total. The highest BCUT2D eigenvalue weighted by atomic mass is 79.9. The van der Waals surface area contributed by atoms with E-state index in [1.165, 1.54) is 11.3 Å². The highest BCUT2D eigenvalue weighted by Gasteiger charge is 2.22. The summed E-state index contributed by atoms with van der Waals surface area (Å²) in [4.78, 5) is 0.906. The van der Waals surface area contributed by atoms with Gasteiger partial charge < -0.3 is 0 Å². The van der Waals surface area contributed by atoms with Crippen molar-refractivity contribution in [1.29, 1.82) is 5.26 Å². The molecule has 1 aromatic rings. The number of sulfonamides is 1. The van der Waals surface area contributed by atoms with Crippen LogP contribution in [-0.2, 0) is 16.6 Å². The summed E-state index contributed by atoms with van der Waals surface area (Å²) in [5.74, 6) is 0. The molecule has 1 heterocycles. The van der Waals surface area contributed by atoms with Crippen molar-refractivity contribution in [3.63, 3.8) is 0 Å². The van der Waals surface area contributed by atoms with Crippen LogP contribution in [0.5, 0.6) is 0 Å². The summed E-state index contributed by atoms with van der Waals surface area (Å²) in [6, 6.07) is 3.62. The standard InChI is InChI=1S/C9H11BrN2O2S2/c1-2-9(4-11)16(13,14)12-5-8-3-7(10)6-15-8/h3,6,9,12H,2,5H2,1H3. The van der Waals surface area contributed by atoms with E-state index in [-0.39, 0.29) is 6.54 Å². The van der Waals surface area contributed by atoms with Crippen LogP contribution in [-0.4, -0.2) is 13.7 Å². The third kappa shape index (κ3) is 3.56. The fraction of sp³-hybridized carbons (Fsp3) is 0.444. The second-order valence-electron chi connectivity index (χ2n) is 3.12. The fourth-order valence-corrected chi connectivity index (χ4v) is 3.72. The quantitative estimate of drug-likeness (QED) is 0.903. The van der Waals surface area contributed by atoms with Crippen molar-refractivity contribution in [1.82, 2.24) is 4.72 Å². The molecule has 88 valence electrons. The molecule has 0 radical (unpaired) electrons. The number of hydrogen-bond donors (Lipinski definition) is 1. The number of hydrogen-bond acceptors (Lipinski definition) is 4. The first-order valence-electron chi connectivity index (χ1n) is 4.60. The lowest BCUT2D eigenvalue weighted by atomic mass is 10.4. The molecule has 0 fully saturated rings.